The second kappa shape index (κ2) is 7.97. The van der Waals surface area contributed by atoms with Gasteiger partial charge in [0.25, 0.3) is 0 Å². The van der Waals surface area contributed by atoms with Crippen molar-refractivity contribution in [3.8, 4) is 0 Å². The zero-order valence-electron chi connectivity index (χ0n) is 10.4. The molecule has 102 valence electrons. The van der Waals surface area contributed by atoms with E-state index < -0.39 is 6.10 Å². The molecule has 0 aromatic heterocycles. The highest BCUT2D eigenvalue weighted by molar-refractivity contribution is 6.35. The Labute approximate surface area is 118 Å². The van der Waals surface area contributed by atoms with E-state index in [-0.39, 0.29) is 12.6 Å². The molecule has 5 heteroatoms. The summed E-state index contributed by atoms with van der Waals surface area (Å²) in [6, 6.07) is 5.31. The van der Waals surface area contributed by atoms with E-state index in [9.17, 15) is 5.11 Å². The molecular weight excluding hydrogens is 273 g/mol. The lowest BCUT2D eigenvalue weighted by atomic mass is 10.1. The molecule has 2 unspecified atom stereocenters. The summed E-state index contributed by atoms with van der Waals surface area (Å²) < 4.78 is 0. The van der Waals surface area contributed by atoms with Crippen molar-refractivity contribution < 1.29 is 10.2 Å². The highest BCUT2D eigenvalue weighted by atomic mass is 35.5. The van der Waals surface area contributed by atoms with Crippen molar-refractivity contribution in [2.75, 3.05) is 13.2 Å². The van der Waals surface area contributed by atoms with Gasteiger partial charge < -0.3 is 15.5 Å². The van der Waals surface area contributed by atoms with Crippen LogP contribution in [-0.4, -0.2) is 29.4 Å². The Morgan fingerprint density at radius 3 is 2.67 bits per heavy atom. The smallest absolute Gasteiger partial charge is 0.0928 e. The Morgan fingerprint density at radius 2 is 2.06 bits per heavy atom. The van der Waals surface area contributed by atoms with Crippen LogP contribution in [0.2, 0.25) is 10.0 Å². The minimum Gasteiger partial charge on any atom is -0.396 e. The number of hydrogen-bond acceptors (Lipinski definition) is 3. The van der Waals surface area contributed by atoms with E-state index >= 15 is 0 Å². The van der Waals surface area contributed by atoms with Gasteiger partial charge in [0.05, 0.1) is 6.10 Å². The first-order chi connectivity index (χ1) is 8.54. The van der Waals surface area contributed by atoms with Crippen LogP contribution >= 0.6 is 23.2 Å². The van der Waals surface area contributed by atoms with Gasteiger partial charge in [0.15, 0.2) is 0 Å². The normalized spacial score (nSPS) is 14.5. The zero-order chi connectivity index (χ0) is 13.5. The maximum absolute atomic E-state index is 10.0. The molecule has 0 radical (unpaired) electrons. The molecule has 0 aliphatic rings. The molecule has 0 saturated carbocycles. The van der Waals surface area contributed by atoms with Crippen LogP contribution in [0.15, 0.2) is 18.2 Å². The van der Waals surface area contributed by atoms with Crippen molar-refractivity contribution >= 4 is 23.2 Å². The second-order valence-corrected chi connectivity index (χ2v) is 5.20. The molecule has 0 bridgehead atoms. The molecular formula is C13H19Cl2NO2. The summed E-state index contributed by atoms with van der Waals surface area (Å²) >= 11 is 11.8. The quantitative estimate of drug-likeness (QED) is 0.724. The van der Waals surface area contributed by atoms with Crippen LogP contribution < -0.4 is 5.32 Å². The summed E-state index contributed by atoms with van der Waals surface area (Å²) in [5, 5.41) is 23.0. The minimum absolute atomic E-state index is 0.192. The van der Waals surface area contributed by atoms with Crippen molar-refractivity contribution in [3.05, 3.63) is 33.8 Å². The van der Waals surface area contributed by atoms with E-state index in [1.807, 2.05) is 6.92 Å². The molecule has 0 aliphatic heterocycles. The number of nitrogens with one attached hydrogen (secondary N) is 1. The summed E-state index contributed by atoms with van der Waals surface area (Å²) in [6.07, 6.45) is 0.968. The van der Waals surface area contributed by atoms with Crippen molar-refractivity contribution in [3.63, 3.8) is 0 Å². The molecule has 0 amide bonds. The monoisotopic (exact) mass is 291 g/mol. The predicted molar refractivity (Wildman–Crippen MR) is 75.2 cm³/mol. The summed E-state index contributed by atoms with van der Waals surface area (Å²) in [6.45, 7) is 2.64. The van der Waals surface area contributed by atoms with E-state index in [1.54, 1.807) is 18.2 Å². The molecule has 0 heterocycles. The fourth-order valence-corrected chi connectivity index (χ4v) is 2.23. The van der Waals surface area contributed by atoms with Crippen LogP contribution in [0, 0.1) is 0 Å². The van der Waals surface area contributed by atoms with Gasteiger partial charge in [-0.05, 0) is 31.9 Å². The average molecular weight is 292 g/mol. The molecule has 18 heavy (non-hydrogen) atoms. The topological polar surface area (TPSA) is 52.5 Å². The Bertz CT molecular complexity index is 374. The van der Waals surface area contributed by atoms with E-state index in [4.69, 9.17) is 28.3 Å². The lowest BCUT2D eigenvalue weighted by Gasteiger charge is -2.18. The number of aliphatic hydroxyl groups excluding tert-OH is 2. The highest BCUT2D eigenvalue weighted by Gasteiger charge is 2.12. The minimum atomic E-state index is -0.661. The predicted octanol–water partition coefficient (Wildman–Crippen LogP) is 2.78. The maximum atomic E-state index is 10.0. The molecule has 0 saturated heterocycles. The van der Waals surface area contributed by atoms with Gasteiger partial charge >= 0.3 is 0 Å². The summed E-state index contributed by atoms with van der Waals surface area (Å²) in [7, 11) is 0. The van der Waals surface area contributed by atoms with Crippen molar-refractivity contribution in [1.29, 1.82) is 0 Å². The van der Waals surface area contributed by atoms with E-state index in [0.29, 0.717) is 22.2 Å². The largest absolute Gasteiger partial charge is 0.396 e. The fourth-order valence-electron chi connectivity index (χ4n) is 1.69. The Hall–Kier alpha value is -0.320. The SMILES string of the molecule is CC(CCCO)NCC(O)c1ccc(Cl)cc1Cl. The van der Waals surface area contributed by atoms with Gasteiger partial charge in [-0.2, -0.15) is 0 Å². The number of aliphatic hydroxyl groups is 2. The van der Waals surface area contributed by atoms with Gasteiger partial charge in [0.1, 0.15) is 0 Å². The molecule has 1 rings (SSSR count). The Morgan fingerprint density at radius 1 is 1.33 bits per heavy atom. The van der Waals surface area contributed by atoms with Gasteiger partial charge in [0, 0.05) is 34.8 Å². The average Bonchev–Trinajstić information content (AvgIpc) is 2.33. The summed E-state index contributed by atoms with van der Waals surface area (Å²) in [5.41, 5.74) is 0.669. The fraction of sp³-hybridized carbons (Fsp3) is 0.538. The molecule has 2 atom stereocenters. The van der Waals surface area contributed by atoms with Crippen LogP contribution in [0.3, 0.4) is 0 Å². The molecule has 1 aromatic carbocycles. The third-order valence-corrected chi connectivity index (χ3v) is 3.34. The molecule has 0 aliphatic carbocycles. The molecule has 0 spiro atoms. The van der Waals surface area contributed by atoms with Crippen LogP contribution in [0.5, 0.6) is 0 Å². The van der Waals surface area contributed by atoms with Crippen molar-refractivity contribution in [1.82, 2.24) is 5.32 Å². The van der Waals surface area contributed by atoms with Gasteiger partial charge in [-0.25, -0.2) is 0 Å². The van der Waals surface area contributed by atoms with E-state index in [1.165, 1.54) is 0 Å². The van der Waals surface area contributed by atoms with Crippen LogP contribution in [0.4, 0.5) is 0 Å². The third-order valence-electron chi connectivity index (χ3n) is 2.78. The first kappa shape index (κ1) is 15.7. The highest BCUT2D eigenvalue weighted by Crippen LogP contribution is 2.25. The number of rotatable bonds is 7. The van der Waals surface area contributed by atoms with E-state index in [0.717, 1.165) is 12.8 Å². The van der Waals surface area contributed by atoms with Crippen LogP contribution in [-0.2, 0) is 0 Å². The standard InChI is InChI=1S/C13H19Cl2NO2/c1-9(3-2-6-17)16-8-13(18)11-5-4-10(14)7-12(11)15/h4-5,7,9,13,16-18H,2-3,6,8H2,1H3. The molecule has 3 nitrogen and oxygen atoms in total. The van der Waals surface area contributed by atoms with Gasteiger partial charge in [0.2, 0.25) is 0 Å². The first-order valence-electron chi connectivity index (χ1n) is 6.02. The summed E-state index contributed by atoms with van der Waals surface area (Å²) in [4.78, 5) is 0. The van der Waals surface area contributed by atoms with Crippen LogP contribution in [0.1, 0.15) is 31.4 Å². The van der Waals surface area contributed by atoms with Crippen molar-refractivity contribution in [2.24, 2.45) is 0 Å². The lowest BCUT2D eigenvalue weighted by molar-refractivity contribution is 0.169. The van der Waals surface area contributed by atoms with Crippen molar-refractivity contribution in [2.45, 2.75) is 31.9 Å². The Kier molecular flexibility index (Phi) is 6.97. The zero-order valence-corrected chi connectivity index (χ0v) is 11.9. The lowest BCUT2D eigenvalue weighted by Crippen LogP contribution is -2.30. The number of hydrogen-bond donors (Lipinski definition) is 3. The Balaban J connectivity index is 2.47. The third kappa shape index (κ3) is 5.12. The van der Waals surface area contributed by atoms with Gasteiger partial charge in [-0.15, -0.1) is 0 Å². The molecule has 3 N–H and O–H groups in total. The number of benzene rings is 1. The van der Waals surface area contributed by atoms with Crippen LogP contribution in [0.25, 0.3) is 0 Å². The second-order valence-electron chi connectivity index (χ2n) is 4.36. The van der Waals surface area contributed by atoms with Gasteiger partial charge in [-0.1, -0.05) is 29.3 Å². The molecule has 0 fully saturated rings. The van der Waals surface area contributed by atoms with E-state index in [2.05, 4.69) is 5.32 Å². The molecule has 1 aromatic rings. The van der Waals surface area contributed by atoms with Gasteiger partial charge in [-0.3, -0.25) is 0 Å². The summed E-state index contributed by atoms with van der Waals surface area (Å²) in [5.74, 6) is 0. The first-order valence-corrected chi connectivity index (χ1v) is 6.77. The number of halogens is 2. The maximum Gasteiger partial charge on any atom is 0.0928 e.